The fraction of sp³-hybridized carbons (Fsp3) is 0.818. The normalized spacial score (nSPS) is 21.8. The van der Waals surface area contributed by atoms with Crippen molar-refractivity contribution < 1.29 is 4.79 Å². The molecular weight excluding hydrogens is 204 g/mol. The van der Waals surface area contributed by atoms with E-state index >= 15 is 0 Å². The predicted molar refractivity (Wildman–Crippen MR) is 61.2 cm³/mol. The van der Waals surface area contributed by atoms with Gasteiger partial charge in [-0.3, -0.25) is 4.79 Å². The van der Waals surface area contributed by atoms with Gasteiger partial charge in [0.05, 0.1) is 12.1 Å². The Balaban J connectivity index is 2.41. The van der Waals surface area contributed by atoms with Crippen LogP contribution in [0.15, 0.2) is 0 Å². The zero-order valence-corrected chi connectivity index (χ0v) is 9.56. The smallest absolute Gasteiger partial charge is 0.240 e. The Bertz CT molecular complexity index is 274. The minimum absolute atomic E-state index is 0.0823. The Labute approximate surface area is 96.4 Å². The maximum absolute atomic E-state index is 11.9. The highest BCUT2D eigenvalue weighted by molar-refractivity contribution is 5.82. The minimum Gasteiger partial charge on any atom is -0.330 e. The molecule has 0 bridgehead atoms. The van der Waals surface area contributed by atoms with Gasteiger partial charge in [0.25, 0.3) is 0 Å². The van der Waals surface area contributed by atoms with Gasteiger partial charge in [0, 0.05) is 6.54 Å². The second-order valence-electron chi connectivity index (χ2n) is 4.21. The molecule has 1 aliphatic heterocycles. The van der Waals surface area contributed by atoms with Gasteiger partial charge >= 0.3 is 0 Å². The summed E-state index contributed by atoms with van der Waals surface area (Å²) in [6.07, 6.45) is 4.10. The summed E-state index contributed by atoms with van der Waals surface area (Å²) in [4.78, 5) is 13.5. The third-order valence-corrected chi connectivity index (χ3v) is 2.97. The van der Waals surface area contributed by atoms with Gasteiger partial charge in [-0.05, 0) is 32.2 Å². The zero-order valence-electron chi connectivity index (χ0n) is 9.56. The molecule has 1 fully saturated rings. The molecule has 0 spiro atoms. The molecule has 0 aliphatic carbocycles. The zero-order chi connectivity index (χ0) is 12.0. The van der Waals surface area contributed by atoms with Crippen LogP contribution in [0.5, 0.6) is 0 Å². The topological polar surface area (TPSA) is 96.1 Å². The molecule has 0 aromatic rings. The van der Waals surface area contributed by atoms with E-state index in [0.29, 0.717) is 19.5 Å². The highest BCUT2D eigenvalue weighted by Crippen LogP contribution is 2.18. The van der Waals surface area contributed by atoms with Crippen molar-refractivity contribution in [3.05, 3.63) is 0 Å². The van der Waals surface area contributed by atoms with Crippen LogP contribution < -0.4 is 11.5 Å². The van der Waals surface area contributed by atoms with Gasteiger partial charge in [0.1, 0.15) is 6.04 Å². The first-order valence-electron chi connectivity index (χ1n) is 5.86. The summed E-state index contributed by atoms with van der Waals surface area (Å²) in [5.74, 6) is -0.0823. The lowest BCUT2D eigenvalue weighted by Gasteiger charge is -2.23. The van der Waals surface area contributed by atoms with Gasteiger partial charge in [-0.15, -0.1) is 0 Å². The van der Waals surface area contributed by atoms with Crippen molar-refractivity contribution in [2.45, 2.75) is 44.2 Å². The van der Waals surface area contributed by atoms with Crippen LogP contribution in [0.2, 0.25) is 0 Å². The largest absolute Gasteiger partial charge is 0.330 e. The van der Waals surface area contributed by atoms with Crippen LogP contribution in [0, 0.1) is 11.3 Å². The van der Waals surface area contributed by atoms with Crippen LogP contribution in [0.25, 0.3) is 0 Å². The van der Waals surface area contributed by atoms with E-state index in [0.717, 1.165) is 25.7 Å². The van der Waals surface area contributed by atoms with Gasteiger partial charge in [-0.2, -0.15) is 5.26 Å². The van der Waals surface area contributed by atoms with E-state index in [-0.39, 0.29) is 11.9 Å². The lowest BCUT2D eigenvalue weighted by Crippen LogP contribution is -2.45. The number of amides is 1. The highest BCUT2D eigenvalue weighted by Gasteiger charge is 2.31. The maximum Gasteiger partial charge on any atom is 0.240 e. The van der Waals surface area contributed by atoms with Crippen molar-refractivity contribution in [2.24, 2.45) is 11.5 Å². The molecular formula is C11H20N4O. The number of nitrogens with two attached hydrogens (primary N) is 2. The summed E-state index contributed by atoms with van der Waals surface area (Å²) in [5, 5.41) is 8.88. The number of nitriles is 1. The molecule has 5 heteroatoms. The Morgan fingerprint density at radius 2 is 2.31 bits per heavy atom. The molecule has 5 nitrogen and oxygen atoms in total. The van der Waals surface area contributed by atoms with Crippen molar-refractivity contribution in [1.82, 2.24) is 4.90 Å². The molecule has 1 saturated heterocycles. The second kappa shape index (κ2) is 6.46. The van der Waals surface area contributed by atoms with Gasteiger partial charge in [0.2, 0.25) is 5.91 Å². The fourth-order valence-corrected chi connectivity index (χ4v) is 2.01. The Morgan fingerprint density at radius 3 is 2.94 bits per heavy atom. The van der Waals surface area contributed by atoms with E-state index in [1.165, 1.54) is 0 Å². The summed E-state index contributed by atoms with van der Waals surface area (Å²) in [6.45, 7) is 1.30. The monoisotopic (exact) mass is 224 g/mol. The van der Waals surface area contributed by atoms with E-state index in [4.69, 9.17) is 16.7 Å². The first-order chi connectivity index (χ1) is 7.70. The van der Waals surface area contributed by atoms with Gasteiger partial charge in [0.15, 0.2) is 0 Å². The number of unbranched alkanes of at least 4 members (excludes halogenated alkanes) is 1. The summed E-state index contributed by atoms with van der Waals surface area (Å²) >= 11 is 0. The van der Waals surface area contributed by atoms with Gasteiger partial charge in [-0.1, -0.05) is 6.42 Å². The number of carbonyl (C=O) groups is 1. The number of rotatable bonds is 5. The molecule has 0 aromatic carbocycles. The molecule has 1 amide bonds. The summed E-state index contributed by atoms with van der Waals surface area (Å²) in [7, 11) is 0. The van der Waals surface area contributed by atoms with E-state index in [1.54, 1.807) is 4.90 Å². The van der Waals surface area contributed by atoms with Crippen LogP contribution in [-0.4, -0.2) is 36.0 Å². The van der Waals surface area contributed by atoms with Crippen molar-refractivity contribution in [2.75, 3.05) is 13.1 Å². The Hall–Kier alpha value is -1.12. The van der Waals surface area contributed by atoms with Crippen LogP contribution in [0.4, 0.5) is 0 Å². The highest BCUT2D eigenvalue weighted by atomic mass is 16.2. The SMILES string of the molecule is N#C[C@@H]1CCCN1C(=O)[C@@H](N)CCCCN. The van der Waals surface area contributed by atoms with E-state index in [1.807, 2.05) is 0 Å². The second-order valence-corrected chi connectivity index (χ2v) is 4.21. The molecule has 0 aromatic heterocycles. The van der Waals surface area contributed by atoms with Gasteiger partial charge in [-0.25, -0.2) is 0 Å². The number of hydrogen-bond donors (Lipinski definition) is 2. The number of hydrogen-bond acceptors (Lipinski definition) is 4. The Kier molecular flexibility index (Phi) is 5.23. The molecule has 4 N–H and O–H groups in total. The average molecular weight is 224 g/mol. The minimum atomic E-state index is -0.472. The van der Waals surface area contributed by atoms with Crippen molar-refractivity contribution in [3.8, 4) is 6.07 Å². The predicted octanol–water partition coefficient (Wildman–Crippen LogP) is -0.0427. The van der Waals surface area contributed by atoms with Crippen LogP contribution in [-0.2, 0) is 4.79 Å². The molecule has 0 saturated carbocycles. The quantitative estimate of drug-likeness (QED) is 0.640. The lowest BCUT2D eigenvalue weighted by molar-refractivity contribution is -0.132. The first kappa shape index (κ1) is 12.9. The first-order valence-corrected chi connectivity index (χ1v) is 5.86. The molecule has 0 unspecified atom stereocenters. The van der Waals surface area contributed by atoms with Crippen LogP contribution in [0.1, 0.15) is 32.1 Å². The van der Waals surface area contributed by atoms with E-state index in [9.17, 15) is 4.79 Å². The number of nitrogens with zero attached hydrogens (tertiary/aromatic N) is 2. The molecule has 90 valence electrons. The molecule has 1 rings (SSSR count). The standard InChI is InChI=1S/C11H20N4O/c12-6-2-1-5-10(14)11(16)15-7-3-4-9(15)8-13/h9-10H,1-7,12,14H2/t9-,10-/m0/s1. The van der Waals surface area contributed by atoms with Crippen LogP contribution >= 0.6 is 0 Å². The third-order valence-electron chi connectivity index (χ3n) is 2.97. The summed E-state index contributed by atoms with van der Waals surface area (Å²) < 4.78 is 0. The number of carbonyl (C=O) groups excluding carboxylic acids is 1. The van der Waals surface area contributed by atoms with Crippen molar-refractivity contribution >= 4 is 5.91 Å². The summed E-state index contributed by atoms with van der Waals surface area (Å²) in [6, 6.07) is 1.40. The molecule has 2 atom stereocenters. The van der Waals surface area contributed by atoms with E-state index in [2.05, 4.69) is 6.07 Å². The van der Waals surface area contributed by atoms with Crippen molar-refractivity contribution in [3.63, 3.8) is 0 Å². The third kappa shape index (κ3) is 3.19. The molecule has 16 heavy (non-hydrogen) atoms. The average Bonchev–Trinajstić information content (AvgIpc) is 2.76. The number of likely N-dealkylation sites (tertiary alicyclic amines) is 1. The van der Waals surface area contributed by atoms with Gasteiger partial charge < -0.3 is 16.4 Å². The Morgan fingerprint density at radius 1 is 1.56 bits per heavy atom. The lowest BCUT2D eigenvalue weighted by atomic mass is 10.1. The molecule has 0 radical (unpaired) electrons. The molecule has 1 heterocycles. The van der Waals surface area contributed by atoms with E-state index < -0.39 is 6.04 Å². The van der Waals surface area contributed by atoms with Crippen molar-refractivity contribution in [1.29, 1.82) is 5.26 Å². The molecule has 1 aliphatic rings. The maximum atomic E-state index is 11.9. The fourth-order valence-electron chi connectivity index (χ4n) is 2.01. The summed E-state index contributed by atoms with van der Waals surface area (Å²) in [5.41, 5.74) is 11.2. The van der Waals surface area contributed by atoms with Crippen LogP contribution in [0.3, 0.4) is 0 Å².